The number of aromatic carboxylic acids is 1. The molecule has 0 spiro atoms. The van der Waals surface area contributed by atoms with Gasteiger partial charge in [0.1, 0.15) is 0 Å². The van der Waals surface area contributed by atoms with E-state index in [1.54, 1.807) is 12.3 Å². The van der Waals surface area contributed by atoms with E-state index in [0.717, 1.165) is 24.3 Å². The Morgan fingerprint density at radius 3 is 2.85 bits per heavy atom. The molecular weight excluding hydrogens is 276 g/mol. The number of hydrogen-bond donors (Lipinski definition) is 1. The number of fused-ring (bicyclic) bond motifs is 1. The van der Waals surface area contributed by atoms with Gasteiger partial charge in [-0.3, -0.25) is 4.98 Å². The predicted molar refractivity (Wildman–Crippen MR) is 81.9 cm³/mol. The van der Waals surface area contributed by atoms with Gasteiger partial charge in [-0.05, 0) is 36.6 Å². The fourth-order valence-electron chi connectivity index (χ4n) is 2.69. The number of aromatic nitrogens is 1. The lowest BCUT2D eigenvalue weighted by Gasteiger charge is -2.18. The van der Waals surface area contributed by atoms with E-state index in [-0.39, 0.29) is 12.4 Å². The molecule has 3 rings (SSSR count). The minimum absolute atomic E-state index is 0. The van der Waals surface area contributed by atoms with E-state index in [1.165, 1.54) is 6.42 Å². The SMILES string of the molecule is C[C@@H]1CCN(c2ccc3nccc(C(=O)O)c3c2)C1.Cl. The summed E-state index contributed by atoms with van der Waals surface area (Å²) in [7, 11) is 0. The number of nitrogens with zero attached hydrogens (tertiary/aromatic N) is 2. The Hall–Kier alpha value is -1.81. The third-order valence-electron chi connectivity index (χ3n) is 3.74. The van der Waals surface area contributed by atoms with Crippen molar-refractivity contribution in [1.29, 1.82) is 0 Å². The van der Waals surface area contributed by atoms with E-state index >= 15 is 0 Å². The van der Waals surface area contributed by atoms with Gasteiger partial charge in [-0.25, -0.2) is 4.79 Å². The van der Waals surface area contributed by atoms with E-state index in [9.17, 15) is 9.90 Å². The highest BCUT2D eigenvalue weighted by Crippen LogP contribution is 2.27. The lowest BCUT2D eigenvalue weighted by Crippen LogP contribution is -2.18. The van der Waals surface area contributed by atoms with Crippen molar-refractivity contribution < 1.29 is 9.90 Å². The van der Waals surface area contributed by atoms with Crippen LogP contribution in [-0.4, -0.2) is 29.1 Å². The molecule has 0 radical (unpaired) electrons. The van der Waals surface area contributed by atoms with Gasteiger partial charge in [-0.1, -0.05) is 6.92 Å². The third-order valence-corrected chi connectivity index (χ3v) is 3.74. The zero-order valence-corrected chi connectivity index (χ0v) is 12.1. The lowest BCUT2D eigenvalue weighted by molar-refractivity contribution is 0.0699. The van der Waals surface area contributed by atoms with Gasteiger partial charge in [0.2, 0.25) is 0 Å². The molecule has 1 aliphatic rings. The highest BCUT2D eigenvalue weighted by molar-refractivity contribution is 6.03. The van der Waals surface area contributed by atoms with Crippen LogP contribution < -0.4 is 4.90 Å². The molecule has 1 fully saturated rings. The minimum atomic E-state index is -0.903. The summed E-state index contributed by atoms with van der Waals surface area (Å²) in [5.74, 6) is -0.206. The molecular formula is C15H17ClN2O2. The third kappa shape index (κ3) is 2.56. The van der Waals surface area contributed by atoms with Gasteiger partial charge in [0, 0.05) is 30.4 Å². The van der Waals surface area contributed by atoms with Crippen molar-refractivity contribution in [2.24, 2.45) is 5.92 Å². The number of anilines is 1. The molecule has 1 atom stereocenters. The van der Waals surface area contributed by atoms with E-state index in [4.69, 9.17) is 0 Å². The Bertz CT molecular complexity index is 645. The Kier molecular flexibility index (Phi) is 4.14. The molecule has 1 saturated heterocycles. The van der Waals surface area contributed by atoms with Gasteiger partial charge >= 0.3 is 5.97 Å². The quantitative estimate of drug-likeness (QED) is 0.923. The average molecular weight is 293 g/mol. The number of pyridine rings is 1. The summed E-state index contributed by atoms with van der Waals surface area (Å²) >= 11 is 0. The van der Waals surface area contributed by atoms with Crippen LogP contribution in [0, 0.1) is 5.92 Å². The fourth-order valence-corrected chi connectivity index (χ4v) is 2.69. The zero-order valence-electron chi connectivity index (χ0n) is 11.2. The Balaban J connectivity index is 0.00000147. The summed E-state index contributed by atoms with van der Waals surface area (Å²) in [5.41, 5.74) is 2.14. The maximum atomic E-state index is 11.3. The standard InChI is InChI=1S/C15H16N2O2.ClH/c1-10-5-7-17(9-10)11-2-3-14-13(8-11)12(15(18)19)4-6-16-14;/h2-4,6,8,10H,5,7,9H2,1H3,(H,18,19);1H/t10-;/m1./s1. The molecule has 1 aromatic carbocycles. The smallest absolute Gasteiger partial charge is 0.336 e. The molecule has 0 saturated carbocycles. The summed E-state index contributed by atoms with van der Waals surface area (Å²) in [6.07, 6.45) is 2.74. The van der Waals surface area contributed by atoms with E-state index in [0.29, 0.717) is 16.9 Å². The maximum absolute atomic E-state index is 11.3. The van der Waals surface area contributed by atoms with Crippen LogP contribution in [0.4, 0.5) is 5.69 Å². The summed E-state index contributed by atoms with van der Waals surface area (Å²) in [5, 5.41) is 9.95. The van der Waals surface area contributed by atoms with Gasteiger partial charge in [0.15, 0.2) is 0 Å². The fraction of sp³-hybridized carbons (Fsp3) is 0.333. The van der Waals surface area contributed by atoms with E-state index in [2.05, 4.69) is 16.8 Å². The van der Waals surface area contributed by atoms with Gasteiger partial charge in [0.25, 0.3) is 0 Å². The molecule has 20 heavy (non-hydrogen) atoms. The highest BCUT2D eigenvalue weighted by atomic mass is 35.5. The highest BCUT2D eigenvalue weighted by Gasteiger charge is 2.19. The number of halogens is 1. The largest absolute Gasteiger partial charge is 0.478 e. The first kappa shape index (κ1) is 14.6. The van der Waals surface area contributed by atoms with Crippen LogP contribution in [0.5, 0.6) is 0 Å². The number of carbonyl (C=O) groups is 1. The van der Waals surface area contributed by atoms with Crippen molar-refractivity contribution in [1.82, 2.24) is 4.98 Å². The van der Waals surface area contributed by atoms with Gasteiger partial charge in [0.05, 0.1) is 11.1 Å². The van der Waals surface area contributed by atoms with E-state index < -0.39 is 5.97 Å². The molecule has 1 aliphatic heterocycles. The van der Waals surface area contributed by atoms with Crippen LogP contribution in [0.25, 0.3) is 10.9 Å². The topological polar surface area (TPSA) is 53.4 Å². The first-order valence-electron chi connectivity index (χ1n) is 6.52. The predicted octanol–water partition coefficient (Wildman–Crippen LogP) is 3.20. The second kappa shape index (κ2) is 5.67. The molecule has 0 unspecified atom stereocenters. The first-order chi connectivity index (χ1) is 9.15. The molecule has 0 amide bonds. The van der Waals surface area contributed by atoms with Gasteiger partial charge in [-0.2, -0.15) is 0 Å². The van der Waals surface area contributed by atoms with Crippen molar-refractivity contribution >= 4 is 35.0 Å². The van der Waals surface area contributed by atoms with Crippen molar-refractivity contribution in [3.8, 4) is 0 Å². The molecule has 1 aromatic heterocycles. The molecule has 0 aliphatic carbocycles. The molecule has 0 bridgehead atoms. The number of rotatable bonds is 2. The van der Waals surface area contributed by atoms with Crippen LogP contribution in [0.3, 0.4) is 0 Å². The number of carboxylic acids is 1. The van der Waals surface area contributed by atoms with E-state index in [1.807, 2.05) is 18.2 Å². The van der Waals surface area contributed by atoms with Gasteiger partial charge in [-0.15, -0.1) is 12.4 Å². The number of hydrogen-bond acceptors (Lipinski definition) is 3. The Labute approximate surface area is 123 Å². The second-order valence-electron chi connectivity index (χ2n) is 5.20. The van der Waals surface area contributed by atoms with Crippen molar-refractivity contribution in [2.45, 2.75) is 13.3 Å². The maximum Gasteiger partial charge on any atom is 0.336 e. The summed E-state index contributed by atoms with van der Waals surface area (Å²) in [6, 6.07) is 7.43. The summed E-state index contributed by atoms with van der Waals surface area (Å²) < 4.78 is 0. The zero-order chi connectivity index (χ0) is 13.4. The Morgan fingerprint density at radius 1 is 1.40 bits per heavy atom. The first-order valence-corrected chi connectivity index (χ1v) is 6.52. The van der Waals surface area contributed by atoms with Crippen LogP contribution in [0.15, 0.2) is 30.5 Å². The Morgan fingerprint density at radius 2 is 2.20 bits per heavy atom. The summed E-state index contributed by atoms with van der Waals surface area (Å²) in [6.45, 7) is 4.31. The van der Waals surface area contributed by atoms with Crippen LogP contribution >= 0.6 is 12.4 Å². The van der Waals surface area contributed by atoms with Crippen molar-refractivity contribution in [3.05, 3.63) is 36.0 Å². The molecule has 4 nitrogen and oxygen atoms in total. The van der Waals surface area contributed by atoms with Crippen molar-refractivity contribution in [3.63, 3.8) is 0 Å². The van der Waals surface area contributed by atoms with Crippen LogP contribution in [0.2, 0.25) is 0 Å². The normalized spacial score (nSPS) is 18.1. The van der Waals surface area contributed by atoms with Crippen LogP contribution in [-0.2, 0) is 0 Å². The summed E-state index contributed by atoms with van der Waals surface area (Å²) in [4.78, 5) is 17.8. The number of benzene rings is 1. The molecule has 106 valence electrons. The molecule has 1 N–H and O–H groups in total. The monoisotopic (exact) mass is 292 g/mol. The molecule has 5 heteroatoms. The lowest BCUT2D eigenvalue weighted by atomic mass is 10.1. The number of carboxylic acid groups (broad SMARTS) is 1. The second-order valence-corrected chi connectivity index (χ2v) is 5.20. The van der Waals surface area contributed by atoms with Crippen molar-refractivity contribution in [2.75, 3.05) is 18.0 Å². The minimum Gasteiger partial charge on any atom is -0.478 e. The van der Waals surface area contributed by atoms with Gasteiger partial charge < -0.3 is 10.0 Å². The molecule has 2 heterocycles. The molecule has 2 aromatic rings. The average Bonchev–Trinajstić information content (AvgIpc) is 2.84. The van der Waals surface area contributed by atoms with Crippen LogP contribution in [0.1, 0.15) is 23.7 Å².